The Labute approximate surface area is 87.8 Å². The first kappa shape index (κ1) is 12.0. The lowest BCUT2D eigenvalue weighted by atomic mass is 10.1. The highest BCUT2D eigenvalue weighted by atomic mass is 16.5. The molecule has 0 aliphatic carbocycles. The Bertz CT molecular complexity index is 133. The van der Waals surface area contributed by atoms with E-state index in [-0.39, 0.29) is 0 Å². The van der Waals surface area contributed by atoms with Crippen LogP contribution in [-0.2, 0) is 4.74 Å². The van der Waals surface area contributed by atoms with Crippen LogP contribution in [0, 0.1) is 0 Å². The molecule has 3 nitrogen and oxygen atoms in total. The topological polar surface area (TPSA) is 24.5 Å². The van der Waals surface area contributed by atoms with Crippen molar-refractivity contribution in [2.75, 3.05) is 39.9 Å². The number of hydrogen-bond donors (Lipinski definition) is 1. The molecule has 0 aromatic carbocycles. The van der Waals surface area contributed by atoms with E-state index in [0.29, 0.717) is 0 Å². The Morgan fingerprint density at radius 1 is 1.36 bits per heavy atom. The second-order valence-electron chi connectivity index (χ2n) is 4.01. The molecule has 0 aromatic heterocycles. The predicted molar refractivity (Wildman–Crippen MR) is 59.6 cm³/mol. The fourth-order valence-electron chi connectivity index (χ4n) is 1.98. The summed E-state index contributed by atoms with van der Waals surface area (Å²) in [6, 6.07) is 0.755. The molecule has 1 fully saturated rings. The number of rotatable bonds is 5. The Hall–Kier alpha value is -0.120. The van der Waals surface area contributed by atoms with Gasteiger partial charge in [-0.1, -0.05) is 0 Å². The normalized spacial score (nSPS) is 23.8. The average Bonchev–Trinajstić information content (AvgIpc) is 2.46. The first-order valence-corrected chi connectivity index (χ1v) is 5.83. The van der Waals surface area contributed by atoms with Crippen LogP contribution in [0.5, 0.6) is 0 Å². The van der Waals surface area contributed by atoms with Crippen molar-refractivity contribution in [2.24, 2.45) is 0 Å². The molecule has 1 rings (SSSR count). The molecule has 0 radical (unpaired) electrons. The van der Waals surface area contributed by atoms with Gasteiger partial charge >= 0.3 is 0 Å². The number of hydrogen-bond acceptors (Lipinski definition) is 3. The summed E-state index contributed by atoms with van der Waals surface area (Å²) < 4.78 is 5.37. The van der Waals surface area contributed by atoms with Crippen LogP contribution in [0.15, 0.2) is 0 Å². The quantitative estimate of drug-likeness (QED) is 0.673. The van der Waals surface area contributed by atoms with E-state index >= 15 is 0 Å². The molecule has 0 amide bonds. The van der Waals surface area contributed by atoms with Crippen molar-refractivity contribution in [3.8, 4) is 0 Å². The molecule has 1 N–H and O–H groups in total. The van der Waals surface area contributed by atoms with Gasteiger partial charge in [0.15, 0.2) is 0 Å². The Balaban J connectivity index is 2.16. The minimum absolute atomic E-state index is 0.755. The van der Waals surface area contributed by atoms with Crippen molar-refractivity contribution in [2.45, 2.75) is 32.2 Å². The second kappa shape index (κ2) is 7.21. The van der Waals surface area contributed by atoms with Crippen molar-refractivity contribution >= 4 is 0 Å². The predicted octanol–water partition coefficient (Wildman–Crippen LogP) is 1.10. The fourth-order valence-corrected chi connectivity index (χ4v) is 1.98. The first-order chi connectivity index (χ1) is 6.84. The molecule has 1 saturated heterocycles. The molecule has 1 unspecified atom stereocenters. The average molecular weight is 200 g/mol. The third-order valence-corrected chi connectivity index (χ3v) is 2.96. The van der Waals surface area contributed by atoms with E-state index in [1.54, 1.807) is 0 Å². The number of nitrogens with zero attached hydrogens (tertiary/aromatic N) is 1. The van der Waals surface area contributed by atoms with E-state index in [0.717, 1.165) is 25.8 Å². The van der Waals surface area contributed by atoms with Crippen molar-refractivity contribution in [1.82, 2.24) is 10.2 Å². The van der Waals surface area contributed by atoms with Crippen LogP contribution in [0.4, 0.5) is 0 Å². The van der Waals surface area contributed by atoms with Crippen molar-refractivity contribution in [3.63, 3.8) is 0 Å². The summed E-state index contributed by atoms with van der Waals surface area (Å²) in [5, 5.41) is 3.44. The minimum atomic E-state index is 0.755. The van der Waals surface area contributed by atoms with Gasteiger partial charge in [0, 0.05) is 19.2 Å². The first-order valence-electron chi connectivity index (χ1n) is 5.83. The molecule has 1 heterocycles. The minimum Gasteiger partial charge on any atom is -0.380 e. The summed E-state index contributed by atoms with van der Waals surface area (Å²) in [6.07, 6.45) is 3.92. The molecule has 84 valence electrons. The van der Waals surface area contributed by atoms with E-state index in [1.807, 2.05) is 0 Å². The number of ether oxygens (including phenoxy) is 1. The van der Waals surface area contributed by atoms with Crippen molar-refractivity contribution in [1.29, 1.82) is 0 Å². The van der Waals surface area contributed by atoms with Gasteiger partial charge in [0.25, 0.3) is 0 Å². The van der Waals surface area contributed by atoms with Crippen LogP contribution in [0.1, 0.15) is 26.2 Å². The summed E-state index contributed by atoms with van der Waals surface area (Å²) in [7, 11) is 2.22. The standard InChI is InChI=1S/C11H24N2O/c1-3-14-10-9-13(2)11-5-4-7-12-8-6-11/h11-12H,3-10H2,1-2H3. The van der Waals surface area contributed by atoms with Crippen molar-refractivity contribution in [3.05, 3.63) is 0 Å². The van der Waals surface area contributed by atoms with E-state index < -0.39 is 0 Å². The van der Waals surface area contributed by atoms with Gasteiger partial charge in [-0.25, -0.2) is 0 Å². The number of nitrogens with one attached hydrogen (secondary N) is 1. The van der Waals surface area contributed by atoms with Gasteiger partial charge in [-0.2, -0.15) is 0 Å². The second-order valence-corrected chi connectivity index (χ2v) is 4.01. The molecule has 0 aromatic rings. The molecule has 1 aliphatic heterocycles. The van der Waals surface area contributed by atoms with Gasteiger partial charge in [0.05, 0.1) is 6.61 Å². The summed E-state index contributed by atoms with van der Waals surface area (Å²) in [4.78, 5) is 2.45. The third kappa shape index (κ3) is 4.40. The molecule has 3 heteroatoms. The molecular formula is C11H24N2O. The summed E-state index contributed by atoms with van der Waals surface area (Å²) >= 11 is 0. The lowest BCUT2D eigenvalue weighted by Crippen LogP contribution is -2.35. The van der Waals surface area contributed by atoms with E-state index in [9.17, 15) is 0 Å². The Morgan fingerprint density at radius 2 is 2.21 bits per heavy atom. The smallest absolute Gasteiger partial charge is 0.0593 e. The van der Waals surface area contributed by atoms with Gasteiger partial charge in [0.2, 0.25) is 0 Å². The summed E-state index contributed by atoms with van der Waals surface area (Å²) in [5.41, 5.74) is 0. The maximum Gasteiger partial charge on any atom is 0.0593 e. The lowest BCUT2D eigenvalue weighted by Gasteiger charge is -2.26. The van der Waals surface area contributed by atoms with Crippen LogP contribution >= 0.6 is 0 Å². The molecule has 1 aliphatic rings. The number of likely N-dealkylation sites (N-methyl/N-ethyl adjacent to an activating group) is 1. The maximum atomic E-state index is 5.37. The zero-order valence-electron chi connectivity index (χ0n) is 9.59. The van der Waals surface area contributed by atoms with Crippen LogP contribution in [-0.4, -0.2) is 50.8 Å². The largest absolute Gasteiger partial charge is 0.380 e. The monoisotopic (exact) mass is 200 g/mol. The van der Waals surface area contributed by atoms with Gasteiger partial charge in [-0.3, -0.25) is 0 Å². The zero-order chi connectivity index (χ0) is 10.2. The highest BCUT2D eigenvalue weighted by Crippen LogP contribution is 2.11. The van der Waals surface area contributed by atoms with Crippen LogP contribution < -0.4 is 5.32 Å². The van der Waals surface area contributed by atoms with Crippen LogP contribution in [0.3, 0.4) is 0 Å². The highest BCUT2D eigenvalue weighted by Gasteiger charge is 2.15. The van der Waals surface area contributed by atoms with Gasteiger partial charge in [0.1, 0.15) is 0 Å². The molecular weight excluding hydrogens is 176 g/mol. The van der Waals surface area contributed by atoms with E-state index in [2.05, 4.69) is 24.2 Å². The van der Waals surface area contributed by atoms with Gasteiger partial charge < -0.3 is 15.0 Å². The molecule has 0 bridgehead atoms. The van der Waals surface area contributed by atoms with Crippen LogP contribution in [0.2, 0.25) is 0 Å². The zero-order valence-corrected chi connectivity index (χ0v) is 9.59. The Morgan fingerprint density at radius 3 is 3.00 bits per heavy atom. The molecule has 0 spiro atoms. The summed E-state index contributed by atoms with van der Waals surface area (Å²) in [5.74, 6) is 0. The lowest BCUT2D eigenvalue weighted by molar-refractivity contribution is 0.104. The van der Waals surface area contributed by atoms with E-state index in [1.165, 1.54) is 32.4 Å². The molecule has 14 heavy (non-hydrogen) atoms. The van der Waals surface area contributed by atoms with Gasteiger partial charge in [-0.05, 0) is 46.3 Å². The molecule has 1 atom stereocenters. The van der Waals surface area contributed by atoms with Gasteiger partial charge in [-0.15, -0.1) is 0 Å². The summed E-state index contributed by atoms with van der Waals surface area (Å²) in [6.45, 7) is 7.19. The van der Waals surface area contributed by atoms with E-state index in [4.69, 9.17) is 4.74 Å². The fraction of sp³-hybridized carbons (Fsp3) is 1.00. The van der Waals surface area contributed by atoms with Crippen molar-refractivity contribution < 1.29 is 4.74 Å². The van der Waals surface area contributed by atoms with Crippen LogP contribution in [0.25, 0.3) is 0 Å². The SMILES string of the molecule is CCOCCN(C)C1CCCNCC1. The Kier molecular flexibility index (Phi) is 6.15. The maximum absolute atomic E-state index is 5.37. The highest BCUT2D eigenvalue weighted by molar-refractivity contribution is 4.73. The third-order valence-electron chi connectivity index (χ3n) is 2.96. The molecule has 0 saturated carbocycles.